The van der Waals surface area contributed by atoms with E-state index in [-0.39, 0.29) is 6.42 Å². The summed E-state index contributed by atoms with van der Waals surface area (Å²) in [6.07, 6.45) is 4.08. The molecule has 0 radical (unpaired) electrons. The van der Waals surface area contributed by atoms with Gasteiger partial charge in [0.2, 0.25) is 0 Å². The second-order valence-corrected chi connectivity index (χ2v) is 10.9. The number of hydrogen-bond donors (Lipinski definition) is 4. The molecule has 0 unspecified atom stereocenters. The van der Waals surface area contributed by atoms with Gasteiger partial charge in [0.15, 0.2) is 0 Å². The van der Waals surface area contributed by atoms with Crippen molar-refractivity contribution in [2.45, 2.75) is 82.8 Å². The zero-order valence-corrected chi connectivity index (χ0v) is 22.1. The number of carbonyl (C=O) groups excluding carboxylic acids is 1. The quantitative estimate of drug-likeness (QED) is 0.274. The van der Waals surface area contributed by atoms with Crippen LogP contribution in [0.3, 0.4) is 0 Å². The highest BCUT2D eigenvalue weighted by Gasteiger charge is 2.41. The van der Waals surface area contributed by atoms with Crippen molar-refractivity contribution in [2.75, 3.05) is 24.9 Å². The van der Waals surface area contributed by atoms with Gasteiger partial charge in [0.05, 0.1) is 32.1 Å². The van der Waals surface area contributed by atoms with Gasteiger partial charge in [-0.25, -0.2) is 0 Å². The molecule has 1 aromatic carbocycles. The number of nitrogens with one attached hydrogen (secondary N) is 3. The summed E-state index contributed by atoms with van der Waals surface area (Å²) in [6, 6.07) is 7.45. The number of quaternary nitrogens is 1. The third kappa shape index (κ3) is 13.7. The first-order chi connectivity index (χ1) is 17.2. The topological polar surface area (TPSA) is 140 Å². The van der Waals surface area contributed by atoms with Gasteiger partial charge in [-0.2, -0.15) is 26.3 Å². The molecule has 0 aliphatic carbocycles. The zero-order chi connectivity index (χ0) is 28.1. The lowest BCUT2D eigenvalue weighted by Gasteiger charge is -2.38. The van der Waals surface area contributed by atoms with Crippen LogP contribution in [0.2, 0.25) is 0 Å². The smallest absolute Gasteiger partial charge is 0.430 e. The molecule has 0 amide bonds. The molecular formula is C24H38F3N3O6S. The van der Waals surface area contributed by atoms with E-state index in [0.717, 1.165) is 25.9 Å². The van der Waals surface area contributed by atoms with Crippen LogP contribution in [0.5, 0.6) is 0 Å². The molecular weight excluding hydrogens is 515 g/mol. The van der Waals surface area contributed by atoms with Crippen molar-refractivity contribution >= 4 is 27.8 Å². The fourth-order valence-electron chi connectivity index (χ4n) is 4.07. The number of likely N-dealkylation sites (tertiary alicyclic amines) is 1. The number of rotatable bonds is 13. The average Bonchev–Trinajstić information content (AvgIpc) is 2.78. The lowest BCUT2D eigenvalue weighted by Crippen LogP contribution is -3.11. The summed E-state index contributed by atoms with van der Waals surface area (Å²) in [5, 5.41) is 18.1. The van der Waals surface area contributed by atoms with E-state index in [9.17, 15) is 31.5 Å². The molecule has 1 aliphatic rings. The highest BCUT2D eigenvalue weighted by Crippen LogP contribution is 2.23. The summed E-state index contributed by atoms with van der Waals surface area (Å²) in [4.78, 5) is 21.4. The van der Waals surface area contributed by atoms with Crippen LogP contribution in [0.4, 0.5) is 18.9 Å². The maximum Gasteiger partial charge on any atom is 0.430 e. The molecule has 1 fully saturated rings. The summed E-state index contributed by atoms with van der Waals surface area (Å²) in [6.45, 7) is 3.69. The Kier molecular flexibility index (Phi) is 13.4. The normalized spacial score (nSPS) is 20.0. The SMILES string of the molecule is CCCCCCCCc1ccc(NS(=O)(=O)NC2(CC(=O)O)CC[NH+](C)CC2)cc1.O=C([O-])C(F)(F)F. The predicted molar refractivity (Wildman–Crippen MR) is 131 cm³/mol. The molecule has 2 rings (SSSR count). The zero-order valence-electron chi connectivity index (χ0n) is 21.3. The minimum atomic E-state index is -5.19. The van der Waals surface area contributed by atoms with Crippen LogP contribution in [-0.2, 0) is 26.2 Å². The van der Waals surface area contributed by atoms with Crippen molar-refractivity contribution in [1.29, 1.82) is 0 Å². The molecule has 37 heavy (non-hydrogen) atoms. The van der Waals surface area contributed by atoms with E-state index in [4.69, 9.17) is 9.90 Å². The molecule has 0 atom stereocenters. The Bertz CT molecular complexity index is 947. The van der Waals surface area contributed by atoms with E-state index in [1.54, 1.807) is 12.1 Å². The van der Waals surface area contributed by atoms with E-state index in [1.807, 2.05) is 19.2 Å². The van der Waals surface area contributed by atoms with Gasteiger partial charge in [-0.1, -0.05) is 51.2 Å². The lowest BCUT2D eigenvalue weighted by molar-refractivity contribution is -0.886. The van der Waals surface area contributed by atoms with Gasteiger partial charge in [0, 0.05) is 18.5 Å². The van der Waals surface area contributed by atoms with Gasteiger partial charge in [0.1, 0.15) is 5.97 Å². The van der Waals surface area contributed by atoms with Gasteiger partial charge >= 0.3 is 12.1 Å². The Morgan fingerprint density at radius 3 is 2.05 bits per heavy atom. The highest BCUT2D eigenvalue weighted by molar-refractivity contribution is 7.90. The molecule has 212 valence electrons. The fourth-order valence-corrected chi connectivity index (χ4v) is 5.42. The van der Waals surface area contributed by atoms with Crippen LogP contribution in [0.15, 0.2) is 24.3 Å². The second kappa shape index (κ2) is 15.1. The van der Waals surface area contributed by atoms with Crippen LogP contribution in [-0.4, -0.2) is 57.3 Å². The molecule has 4 N–H and O–H groups in total. The lowest BCUT2D eigenvalue weighted by atomic mass is 9.86. The number of unbranched alkanes of at least 4 members (excludes halogenated alkanes) is 5. The Morgan fingerprint density at radius 1 is 1.05 bits per heavy atom. The number of aliphatic carboxylic acids is 2. The largest absolute Gasteiger partial charge is 0.542 e. The van der Waals surface area contributed by atoms with Crippen LogP contribution >= 0.6 is 0 Å². The first-order valence-electron chi connectivity index (χ1n) is 12.4. The van der Waals surface area contributed by atoms with Crippen molar-refractivity contribution in [1.82, 2.24) is 4.72 Å². The number of hydrogen-bond acceptors (Lipinski definition) is 5. The molecule has 1 aliphatic heterocycles. The van der Waals surface area contributed by atoms with Crippen LogP contribution in [0.1, 0.15) is 70.3 Å². The van der Waals surface area contributed by atoms with Crippen molar-refractivity contribution < 1.29 is 46.3 Å². The van der Waals surface area contributed by atoms with Crippen molar-refractivity contribution in [2.24, 2.45) is 0 Å². The summed E-state index contributed by atoms with van der Waals surface area (Å²) < 4.78 is 62.1. The summed E-state index contributed by atoms with van der Waals surface area (Å²) >= 11 is 0. The first-order valence-corrected chi connectivity index (χ1v) is 13.9. The second-order valence-electron chi connectivity index (χ2n) is 9.52. The number of carboxylic acid groups (broad SMARTS) is 2. The van der Waals surface area contributed by atoms with E-state index >= 15 is 0 Å². The molecule has 0 saturated carbocycles. The van der Waals surface area contributed by atoms with Crippen LogP contribution in [0, 0.1) is 0 Å². The molecule has 1 aromatic rings. The number of aryl methyl sites for hydroxylation is 1. The van der Waals surface area contributed by atoms with Gasteiger partial charge in [-0.15, -0.1) is 0 Å². The molecule has 13 heteroatoms. The van der Waals surface area contributed by atoms with E-state index in [0.29, 0.717) is 18.5 Å². The van der Waals surface area contributed by atoms with E-state index < -0.39 is 33.9 Å². The minimum Gasteiger partial charge on any atom is -0.542 e. The van der Waals surface area contributed by atoms with Gasteiger partial charge in [0.25, 0.3) is 10.2 Å². The van der Waals surface area contributed by atoms with E-state index in [2.05, 4.69) is 16.4 Å². The number of halogens is 3. The van der Waals surface area contributed by atoms with Crippen LogP contribution in [0.25, 0.3) is 0 Å². The maximum absolute atomic E-state index is 12.7. The minimum absolute atomic E-state index is 0.210. The summed E-state index contributed by atoms with van der Waals surface area (Å²) in [5.74, 6) is -4.00. The summed E-state index contributed by atoms with van der Waals surface area (Å²) in [7, 11) is -1.84. The Hall–Kier alpha value is -2.38. The Balaban J connectivity index is 0.000000856. The van der Waals surface area contributed by atoms with Crippen molar-refractivity contribution in [3.63, 3.8) is 0 Å². The van der Waals surface area contributed by atoms with Gasteiger partial charge in [-0.3, -0.25) is 9.52 Å². The number of alkyl halides is 3. The fraction of sp³-hybridized carbons (Fsp3) is 0.667. The molecule has 0 bridgehead atoms. The monoisotopic (exact) mass is 553 g/mol. The predicted octanol–water partition coefficient (Wildman–Crippen LogP) is 1.66. The van der Waals surface area contributed by atoms with Gasteiger partial charge in [-0.05, 0) is 30.5 Å². The number of benzene rings is 1. The van der Waals surface area contributed by atoms with Crippen LogP contribution < -0.4 is 19.5 Å². The number of anilines is 1. The third-order valence-corrected chi connectivity index (χ3v) is 7.36. The van der Waals surface area contributed by atoms with Crippen molar-refractivity contribution in [3.05, 3.63) is 29.8 Å². The molecule has 9 nitrogen and oxygen atoms in total. The average molecular weight is 554 g/mol. The van der Waals surface area contributed by atoms with Crippen molar-refractivity contribution in [3.8, 4) is 0 Å². The molecule has 0 spiro atoms. The molecule has 1 saturated heterocycles. The highest BCUT2D eigenvalue weighted by atomic mass is 32.2. The molecule has 0 aromatic heterocycles. The van der Waals surface area contributed by atoms with E-state index in [1.165, 1.54) is 42.6 Å². The number of piperidine rings is 1. The standard InChI is InChI=1S/C22H37N3O4S.C2HF3O2/c1-3-4-5-6-7-8-9-19-10-12-20(13-11-19)23-30(28,29)24-22(18-21(26)27)14-16-25(2)17-15-22;3-2(4,5)1(6)7/h10-13,23-24H,3-9,14-18H2,1-2H3,(H,26,27);(H,6,7). The molecule has 1 heterocycles. The number of carbonyl (C=O) groups is 2. The first kappa shape index (κ1) is 32.6. The van der Waals surface area contributed by atoms with Gasteiger partial charge < -0.3 is 19.9 Å². The Labute approximate surface area is 216 Å². The maximum atomic E-state index is 12.7. The Morgan fingerprint density at radius 2 is 1.57 bits per heavy atom. The summed E-state index contributed by atoms with van der Waals surface area (Å²) in [5.41, 5.74) is 0.745. The number of carboxylic acids is 2. The third-order valence-electron chi connectivity index (χ3n) is 6.16.